The van der Waals surface area contributed by atoms with E-state index in [1.165, 1.54) is 12.8 Å². The van der Waals surface area contributed by atoms with Crippen molar-refractivity contribution >= 4 is 5.91 Å². The van der Waals surface area contributed by atoms with E-state index >= 15 is 0 Å². The maximum atomic E-state index is 12.0. The zero-order valence-electron chi connectivity index (χ0n) is 20.3. The number of aryl methyl sites for hydroxylation is 1. The largest absolute Gasteiger partial charge is 0.342 e. The van der Waals surface area contributed by atoms with Crippen LogP contribution in [-0.2, 0) is 11.8 Å². The average molecular weight is 468 g/mol. The molecule has 0 N–H and O–H groups in total. The third-order valence-corrected chi connectivity index (χ3v) is 7.82. The Morgan fingerprint density at radius 1 is 0.971 bits per heavy atom. The van der Waals surface area contributed by atoms with Gasteiger partial charge in [0.1, 0.15) is 0 Å². The Hall–Kier alpha value is -3.81. The predicted molar refractivity (Wildman–Crippen MR) is 133 cm³/mol. The second kappa shape index (κ2) is 8.15. The van der Waals surface area contributed by atoms with E-state index < -0.39 is 0 Å². The summed E-state index contributed by atoms with van der Waals surface area (Å²) in [5.74, 6) is 0.833. The van der Waals surface area contributed by atoms with Gasteiger partial charge in [0.2, 0.25) is 5.91 Å². The molecule has 4 aromatic rings. The molecule has 3 heterocycles. The standard InChI is InChI=1S/C27H29N7O/c1-18(35)33(3)25-10-24(11-27(25)7-8-27)34-17-23(15-31-34)21-12-28-26(29-13-21)20-6-4-5-19(9-20)22-14-30-32(2)16-22/h4-6,9,12-17,24-25H,7-8,10-11H2,1-3H3. The molecule has 0 radical (unpaired) electrons. The molecule has 2 aliphatic carbocycles. The Labute approximate surface area is 204 Å². The zero-order chi connectivity index (χ0) is 24.2. The lowest BCUT2D eigenvalue weighted by Crippen LogP contribution is -2.38. The van der Waals surface area contributed by atoms with Crippen molar-refractivity contribution < 1.29 is 4.79 Å². The van der Waals surface area contributed by atoms with Gasteiger partial charge in [-0.05, 0) is 42.7 Å². The summed E-state index contributed by atoms with van der Waals surface area (Å²) in [5.41, 5.74) is 5.36. The smallest absolute Gasteiger partial charge is 0.219 e. The maximum absolute atomic E-state index is 12.0. The van der Waals surface area contributed by atoms with E-state index in [2.05, 4.69) is 43.2 Å². The molecule has 1 amide bonds. The highest BCUT2D eigenvalue weighted by Crippen LogP contribution is 2.62. The number of amides is 1. The molecule has 1 aromatic carbocycles. The van der Waals surface area contributed by atoms with E-state index in [1.54, 1.807) is 11.6 Å². The summed E-state index contributed by atoms with van der Waals surface area (Å²) in [6.45, 7) is 1.66. The number of hydrogen-bond acceptors (Lipinski definition) is 5. The van der Waals surface area contributed by atoms with Crippen molar-refractivity contribution in [1.82, 2.24) is 34.4 Å². The van der Waals surface area contributed by atoms with Crippen molar-refractivity contribution in [2.45, 2.75) is 44.7 Å². The van der Waals surface area contributed by atoms with E-state index in [1.807, 2.05) is 62.1 Å². The first-order valence-corrected chi connectivity index (χ1v) is 12.1. The summed E-state index contributed by atoms with van der Waals surface area (Å²) in [4.78, 5) is 23.2. The van der Waals surface area contributed by atoms with Crippen LogP contribution in [0, 0.1) is 5.41 Å². The molecule has 3 aromatic heterocycles. The van der Waals surface area contributed by atoms with Crippen LogP contribution < -0.4 is 0 Å². The summed E-state index contributed by atoms with van der Waals surface area (Å²) >= 11 is 0. The van der Waals surface area contributed by atoms with Crippen LogP contribution in [0.3, 0.4) is 0 Å². The van der Waals surface area contributed by atoms with Crippen LogP contribution in [0.15, 0.2) is 61.4 Å². The van der Waals surface area contributed by atoms with Gasteiger partial charge in [0.05, 0.1) is 18.4 Å². The first-order valence-electron chi connectivity index (χ1n) is 12.1. The van der Waals surface area contributed by atoms with Gasteiger partial charge in [-0.2, -0.15) is 10.2 Å². The number of nitrogens with zero attached hydrogens (tertiary/aromatic N) is 7. The van der Waals surface area contributed by atoms with Crippen molar-refractivity contribution in [3.63, 3.8) is 0 Å². The molecule has 178 valence electrons. The van der Waals surface area contributed by atoms with Crippen LogP contribution in [0.25, 0.3) is 33.6 Å². The van der Waals surface area contributed by atoms with Crippen LogP contribution in [0.5, 0.6) is 0 Å². The fourth-order valence-electron chi connectivity index (χ4n) is 5.61. The van der Waals surface area contributed by atoms with E-state index in [0.29, 0.717) is 17.9 Å². The van der Waals surface area contributed by atoms with Crippen molar-refractivity contribution in [2.75, 3.05) is 7.05 Å². The molecule has 2 atom stereocenters. The SMILES string of the molecule is CC(=O)N(C)C1CC(n2cc(-c3cnc(-c4cccc(-c5cnn(C)c5)c4)nc3)cn2)CC12CC2. The summed E-state index contributed by atoms with van der Waals surface area (Å²) in [5, 5.41) is 8.95. The third kappa shape index (κ3) is 3.92. The molecule has 2 saturated carbocycles. The third-order valence-electron chi connectivity index (χ3n) is 7.82. The molecule has 8 nitrogen and oxygen atoms in total. The molecule has 0 aliphatic heterocycles. The highest BCUT2D eigenvalue weighted by Gasteiger charge is 2.57. The molecule has 0 bridgehead atoms. The van der Waals surface area contributed by atoms with Gasteiger partial charge in [-0.15, -0.1) is 0 Å². The monoisotopic (exact) mass is 467 g/mol. The van der Waals surface area contributed by atoms with Crippen LogP contribution in [-0.4, -0.2) is 53.4 Å². The van der Waals surface area contributed by atoms with E-state index in [0.717, 1.165) is 40.7 Å². The van der Waals surface area contributed by atoms with Crippen molar-refractivity contribution in [2.24, 2.45) is 12.5 Å². The molecule has 2 fully saturated rings. The van der Waals surface area contributed by atoms with Crippen LogP contribution in [0.2, 0.25) is 0 Å². The van der Waals surface area contributed by atoms with Gasteiger partial charge < -0.3 is 4.90 Å². The molecular weight excluding hydrogens is 438 g/mol. The minimum absolute atomic E-state index is 0.145. The molecule has 2 aliphatic rings. The van der Waals surface area contributed by atoms with Crippen LogP contribution >= 0.6 is 0 Å². The molecule has 35 heavy (non-hydrogen) atoms. The van der Waals surface area contributed by atoms with Gasteiger partial charge in [-0.3, -0.25) is 14.2 Å². The van der Waals surface area contributed by atoms with Crippen LogP contribution in [0.1, 0.15) is 38.6 Å². The van der Waals surface area contributed by atoms with Crippen molar-refractivity contribution in [3.05, 3.63) is 61.4 Å². The van der Waals surface area contributed by atoms with Gasteiger partial charge in [0, 0.05) is 74.1 Å². The van der Waals surface area contributed by atoms with Gasteiger partial charge in [0.15, 0.2) is 5.82 Å². The maximum Gasteiger partial charge on any atom is 0.219 e. The summed E-state index contributed by atoms with van der Waals surface area (Å²) in [6.07, 6.45) is 16.0. The Kier molecular flexibility index (Phi) is 5.05. The number of rotatable bonds is 5. The molecule has 6 rings (SSSR count). The highest BCUT2D eigenvalue weighted by molar-refractivity contribution is 5.73. The lowest BCUT2D eigenvalue weighted by Gasteiger charge is -2.28. The summed E-state index contributed by atoms with van der Waals surface area (Å²) < 4.78 is 3.87. The second-order valence-electron chi connectivity index (χ2n) is 10.1. The van der Waals surface area contributed by atoms with Crippen molar-refractivity contribution in [1.29, 1.82) is 0 Å². The van der Waals surface area contributed by atoms with Gasteiger partial charge in [-0.25, -0.2) is 9.97 Å². The first kappa shape index (κ1) is 21.7. The first-order chi connectivity index (χ1) is 16.9. The van der Waals surface area contributed by atoms with E-state index in [4.69, 9.17) is 0 Å². The summed E-state index contributed by atoms with van der Waals surface area (Å²) in [6, 6.07) is 8.82. The zero-order valence-corrected chi connectivity index (χ0v) is 20.3. The Morgan fingerprint density at radius 3 is 2.37 bits per heavy atom. The predicted octanol–water partition coefficient (Wildman–Crippen LogP) is 4.37. The molecular formula is C27H29N7O. The normalized spacial score (nSPS) is 20.3. The topological polar surface area (TPSA) is 81.7 Å². The number of aromatic nitrogens is 6. The minimum atomic E-state index is 0.145. The molecule has 2 unspecified atom stereocenters. The molecule has 1 spiro atoms. The van der Waals surface area contributed by atoms with Gasteiger partial charge >= 0.3 is 0 Å². The van der Waals surface area contributed by atoms with Gasteiger partial charge in [-0.1, -0.05) is 18.2 Å². The lowest BCUT2D eigenvalue weighted by atomic mass is 9.99. The van der Waals surface area contributed by atoms with Crippen LogP contribution in [0.4, 0.5) is 0 Å². The fraction of sp³-hybridized carbons (Fsp3) is 0.370. The minimum Gasteiger partial charge on any atom is -0.342 e. The molecule has 8 heteroatoms. The Morgan fingerprint density at radius 2 is 1.69 bits per heavy atom. The Bertz CT molecular complexity index is 1380. The summed E-state index contributed by atoms with van der Waals surface area (Å²) in [7, 11) is 3.85. The lowest BCUT2D eigenvalue weighted by molar-refractivity contribution is -0.130. The quantitative estimate of drug-likeness (QED) is 0.435. The average Bonchev–Trinajstić information content (AvgIpc) is 3.20. The van der Waals surface area contributed by atoms with Crippen molar-refractivity contribution in [3.8, 4) is 33.6 Å². The second-order valence-corrected chi connectivity index (χ2v) is 10.1. The van der Waals surface area contributed by atoms with E-state index in [-0.39, 0.29) is 11.3 Å². The number of hydrogen-bond donors (Lipinski definition) is 0. The molecule has 0 saturated heterocycles. The number of benzene rings is 1. The number of carbonyl (C=O) groups is 1. The van der Waals surface area contributed by atoms with E-state index in [9.17, 15) is 4.79 Å². The highest BCUT2D eigenvalue weighted by atomic mass is 16.2. The fourth-order valence-corrected chi connectivity index (χ4v) is 5.61. The number of carbonyl (C=O) groups excluding carboxylic acids is 1. The Balaban J connectivity index is 1.20. The van der Waals surface area contributed by atoms with Gasteiger partial charge in [0.25, 0.3) is 0 Å².